The molecule has 0 spiro atoms. The van der Waals surface area contributed by atoms with Crippen LogP contribution >= 0.6 is 0 Å². The molecule has 3 aromatic rings. The minimum atomic E-state index is 0.268. The van der Waals surface area contributed by atoms with E-state index in [-0.39, 0.29) is 6.04 Å². The molecule has 1 saturated heterocycles. The summed E-state index contributed by atoms with van der Waals surface area (Å²) in [6.45, 7) is 4.36. The second kappa shape index (κ2) is 6.57. The van der Waals surface area contributed by atoms with Gasteiger partial charge in [-0.15, -0.1) is 0 Å². The van der Waals surface area contributed by atoms with Crippen molar-refractivity contribution in [2.45, 2.75) is 31.8 Å². The summed E-state index contributed by atoms with van der Waals surface area (Å²) in [5.41, 5.74) is 3.55. The summed E-state index contributed by atoms with van der Waals surface area (Å²) in [5.74, 6) is 0. The quantitative estimate of drug-likeness (QED) is 0.799. The van der Waals surface area contributed by atoms with Gasteiger partial charge in [0.25, 0.3) is 0 Å². The number of anilines is 1. The van der Waals surface area contributed by atoms with Crippen molar-refractivity contribution in [2.24, 2.45) is 0 Å². The summed E-state index contributed by atoms with van der Waals surface area (Å²) in [6.07, 6.45) is 9.69. The number of fused-ring (bicyclic) bond motifs is 1. The monoisotopic (exact) mass is 322 g/mol. The third-order valence-electron chi connectivity index (χ3n) is 4.81. The van der Waals surface area contributed by atoms with Crippen molar-refractivity contribution in [3.63, 3.8) is 0 Å². The highest BCUT2D eigenvalue weighted by Gasteiger charge is 2.22. The summed E-state index contributed by atoms with van der Waals surface area (Å²) in [7, 11) is 0. The smallest absolute Gasteiger partial charge is 0.0920 e. The zero-order valence-corrected chi connectivity index (χ0v) is 13.8. The molecule has 1 N–H and O–H groups in total. The number of nitrogens with one attached hydrogen (secondary N) is 1. The van der Waals surface area contributed by atoms with Crippen molar-refractivity contribution in [1.82, 2.24) is 25.1 Å². The summed E-state index contributed by atoms with van der Waals surface area (Å²) >= 11 is 0. The van der Waals surface area contributed by atoms with Crippen molar-refractivity contribution < 1.29 is 0 Å². The Morgan fingerprint density at radius 3 is 2.67 bits per heavy atom. The maximum atomic E-state index is 4.34. The van der Waals surface area contributed by atoms with E-state index in [4.69, 9.17) is 0 Å². The highest BCUT2D eigenvalue weighted by molar-refractivity contribution is 5.53. The Balaban J connectivity index is 1.38. The number of hydrogen-bond acceptors (Lipinski definition) is 5. The topological polar surface area (TPSA) is 58.3 Å². The molecule has 6 nitrogen and oxygen atoms in total. The van der Waals surface area contributed by atoms with E-state index in [1.807, 2.05) is 24.7 Å². The molecule has 4 rings (SSSR count). The summed E-state index contributed by atoms with van der Waals surface area (Å²) in [4.78, 5) is 6.53. The third kappa shape index (κ3) is 2.97. The van der Waals surface area contributed by atoms with Crippen molar-refractivity contribution in [1.29, 1.82) is 0 Å². The molecule has 0 aromatic carbocycles. The van der Waals surface area contributed by atoms with E-state index in [9.17, 15) is 0 Å². The first-order chi connectivity index (χ1) is 11.8. The van der Waals surface area contributed by atoms with Crippen LogP contribution in [0.25, 0.3) is 5.52 Å². The first-order valence-corrected chi connectivity index (χ1v) is 8.51. The summed E-state index contributed by atoms with van der Waals surface area (Å²) < 4.78 is 1.69. The molecule has 24 heavy (non-hydrogen) atoms. The molecule has 6 heteroatoms. The van der Waals surface area contributed by atoms with Crippen LogP contribution in [0, 0.1) is 0 Å². The molecule has 0 saturated carbocycles. The van der Waals surface area contributed by atoms with Gasteiger partial charge >= 0.3 is 0 Å². The average molecular weight is 322 g/mol. The number of rotatable bonds is 4. The van der Waals surface area contributed by atoms with Crippen LogP contribution in [0.3, 0.4) is 0 Å². The predicted octanol–water partition coefficient (Wildman–Crippen LogP) is 2.44. The second-order valence-electron chi connectivity index (χ2n) is 6.35. The molecule has 0 aliphatic carbocycles. The largest absolute Gasteiger partial charge is 0.371 e. The van der Waals surface area contributed by atoms with Crippen LogP contribution in [0.1, 0.15) is 31.4 Å². The van der Waals surface area contributed by atoms with E-state index >= 15 is 0 Å². The predicted molar refractivity (Wildman–Crippen MR) is 94.0 cm³/mol. The molecule has 1 aliphatic rings. The van der Waals surface area contributed by atoms with E-state index < -0.39 is 0 Å². The number of hydrogen-bond donors (Lipinski definition) is 1. The third-order valence-corrected chi connectivity index (χ3v) is 4.81. The van der Waals surface area contributed by atoms with Gasteiger partial charge in [0.2, 0.25) is 0 Å². The lowest BCUT2D eigenvalue weighted by Crippen LogP contribution is -2.43. The van der Waals surface area contributed by atoms with Crippen LogP contribution in [0.15, 0.2) is 49.1 Å². The van der Waals surface area contributed by atoms with Crippen molar-refractivity contribution in [2.75, 3.05) is 18.0 Å². The van der Waals surface area contributed by atoms with Gasteiger partial charge in [-0.05, 0) is 44.0 Å². The van der Waals surface area contributed by atoms with E-state index in [0.717, 1.165) is 31.4 Å². The maximum Gasteiger partial charge on any atom is 0.0920 e. The molecule has 1 aliphatic heterocycles. The van der Waals surface area contributed by atoms with Crippen molar-refractivity contribution in [3.8, 4) is 0 Å². The number of aromatic nitrogens is 4. The van der Waals surface area contributed by atoms with Crippen LogP contribution in [-0.4, -0.2) is 38.9 Å². The molecule has 4 heterocycles. The Labute approximate surface area is 141 Å². The van der Waals surface area contributed by atoms with Gasteiger partial charge in [0.05, 0.1) is 11.7 Å². The minimum Gasteiger partial charge on any atom is -0.371 e. The van der Waals surface area contributed by atoms with Crippen molar-refractivity contribution >= 4 is 11.2 Å². The lowest BCUT2D eigenvalue weighted by Gasteiger charge is -2.35. The van der Waals surface area contributed by atoms with E-state index in [0.29, 0.717) is 6.04 Å². The first-order valence-electron chi connectivity index (χ1n) is 8.51. The zero-order valence-electron chi connectivity index (χ0n) is 13.8. The Morgan fingerprint density at radius 1 is 1.08 bits per heavy atom. The second-order valence-corrected chi connectivity index (χ2v) is 6.35. The average Bonchev–Trinajstić information content (AvgIpc) is 3.07. The van der Waals surface area contributed by atoms with Gasteiger partial charge in [0, 0.05) is 55.0 Å². The highest BCUT2D eigenvalue weighted by Crippen LogP contribution is 2.23. The standard InChI is InChI=1S/C18H22N6/c1-14(17-13-21-24-18(17)3-2-8-20-24)22-15-6-11-23(12-7-15)16-4-9-19-10-5-16/h2-5,8-10,13-15,22H,6-7,11-12H2,1H3. The van der Waals surface area contributed by atoms with Gasteiger partial charge in [-0.3, -0.25) is 4.98 Å². The van der Waals surface area contributed by atoms with Crippen LogP contribution in [-0.2, 0) is 0 Å². The maximum absolute atomic E-state index is 4.34. The Hall–Kier alpha value is -2.47. The van der Waals surface area contributed by atoms with Gasteiger partial charge < -0.3 is 10.2 Å². The molecule has 3 aromatic heterocycles. The molecule has 0 radical (unpaired) electrons. The number of pyridine rings is 1. The molecule has 0 amide bonds. The highest BCUT2D eigenvalue weighted by atomic mass is 15.4. The van der Waals surface area contributed by atoms with E-state index in [1.165, 1.54) is 11.3 Å². The molecule has 1 unspecified atom stereocenters. The molecule has 0 bridgehead atoms. The number of piperidine rings is 1. The van der Waals surface area contributed by atoms with Gasteiger partial charge in [-0.1, -0.05) is 0 Å². The lowest BCUT2D eigenvalue weighted by atomic mass is 10.0. The summed E-state index contributed by atoms with van der Waals surface area (Å²) in [5, 5.41) is 12.3. The minimum absolute atomic E-state index is 0.268. The fourth-order valence-electron chi connectivity index (χ4n) is 3.49. The van der Waals surface area contributed by atoms with E-state index in [2.05, 4.69) is 50.5 Å². The fourth-order valence-corrected chi connectivity index (χ4v) is 3.49. The Bertz CT molecular complexity index is 791. The Morgan fingerprint density at radius 2 is 1.88 bits per heavy atom. The van der Waals surface area contributed by atoms with Gasteiger partial charge in [-0.25, -0.2) is 0 Å². The molecule has 1 fully saturated rings. The van der Waals surface area contributed by atoms with Crippen LogP contribution in [0.2, 0.25) is 0 Å². The Kier molecular flexibility index (Phi) is 4.13. The van der Waals surface area contributed by atoms with Gasteiger partial charge in [-0.2, -0.15) is 14.8 Å². The SMILES string of the molecule is CC(NC1CCN(c2ccncc2)CC1)c1cnn2ncccc12. The van der Waals surface area contributed by atoms with Gasteiger partial charge in [0.1, 0.15) is 0 Å². The van der Waals surface area contributed by atoms with Crippen molar-refractivity contribution in [3.05, 3.63) is 54.6 Å². The van der Waals surface area contributed by atoms with E-state index in [1.54, 1.807) is 10.8 Å². The molecular weight excluding hydrogens is 300 g/mol. The van der Waals surface area contributed by atoms with Crippen LogP contribution < -0.4 is 10.2 Å². The van der Waals surface area contributed by atoms with Gasteiger partial charge in [0.15, 0.2) is 0 Å². The lowest BCUT2D eigenvalue weighted by molar-refractivity contribution is 0.382. The first kappa shape index (κ1) is 15.1. The van der Waals surface area contributed by atoms with Crippen LogP contribution in [0.5, 0.6) is 0 Å². The normalized spacial score (nSPS) is 17.3. The molecule has 124 valence electrons. The molecule has 1 atom stereocenters. The number of nitrogens with zero attached hydrogens (tertiary/aromatic N) is 5. The zero-order chi connectivity index (χ0) is 16.4. The fraction of sp³-hybridized carbons (Fsp3) is 0.389. The van der Waals surface area contributed by atoms with Crippen LogP contribution in [0.4, 0.5) is 5.69 Å². The molecular formula is C18H22N6. The summed E-state index contributed by atoms with van der Waals surface area (Å²) in [6, 6.07) is 9.00.